The maximum atomic E-state index is 13.2. The van der Waals surface area contributed by atoms with Crippen LogP contribution in [0.1, 0.15) is 48.2 Å². The van der Waals surface area contributed by atoms with E-state index in [2.05, 4.69) is 25.8 Å². The molecule has 2 aromatic heterocycles. The van der Waals surface area contributed by atoms with Crippen molar-refractivity contribution in [3.8, 4) is 0 Å². The van der Waals surface area contributed by atoms with Crippen molar-refractivity contribution < 1.29 is 9.90 Å². The molecular weight excluding hydrogens is 380 g/mol. The van der Waals surface area contributed by atoms with Crippen LogP contribution in [-0.4, -0.2) is 59.4 Å². The highest BCUT2D eigenvalue weighted by atomic mass is 16.3. The number of aliphatic hydroxyl groups is 1. The lowest BCUT2D eigenvalue weighted by molar-refractivity contribution is 0.0374. The van der Waals surface area contributed by atoms with Gasteiger partial charge < -0.3 is 19.1 Å². The Morgan fingerprint density at radius 3 is 2.80 bits per heavy atom. The van der Waals surface area contributed by atoms with Gasteiger partial charge in [0.05, 0.1) is 29.5 Å². The highest BCUT2D eigenvalue weighted by molar-refractivity contribution is 5.91. The number of para-hydroxylation sites is 2. The van der Waals surface area contributed by atoms with E-state index in [0.717, 1.165) is 55.6 Å². The van der Waals surface area contributed by atoms with Crippen LogP contribution in [0.4, 0.5) is 0 Å². The summed E-state index contributed by atoms with van der Waals surface area (Å²) in [7, 11) is 0. The molecule has 156 valence electrons. The Kier molecular flexibility index (Phi) is 4.16. The summed E-state index contributed by atoms with van der Waals surface area (Å²) in [6.07, 6.45) is 6.07. The molecule has 3 aromatic rings. The molecule has 0 radical (unpaired) electrons. The van der Waals surface area contributed by atoms with Crippen molar-refractivity contribution in [1.82, 2.24) is 29.2 Å². The highest BCUT2D eigenvalue weighted by Gasteiger charge is 2.44. The number of aliphatic hydroxyl groups excluding tert-OH is 1. The van der Waals surface area contributed by atoms with Gasteiger partial charge in [0, 0.05) is 26.1 Å². The Labute approximate surface area is 174 Å². The number of carbonyl (C=O) groups excluding carboxylic acids is 1. The second-order valence-corrected chi connectivity index (χ2v) is 9.03. The molecule has 1 N–H and O–H groups in total. The molecule has 1 amide bonds. The molecule has 0 unspecified atom stereocenters. The molecule has 4 atom stereocenters. The standard InChI is InChI=1S/C22H26N6O2/c29-19-10-15-12-26(22(30)21-25-24-20-7-3-4-8-27(20)21)11-14(15)9-18(19)28-13-23-16-5-1-2-6-17(16)28/h1-2,5-6,13-15,18-19,29H,3-4,7-12H2/t14-,15+,18-,19-/m1/s1. The van der Waals surface area contributed by atoms with Crippen LogP contribution in [0.2, 0.25) is 0 Å². The average Bonchev–Trinajstić information content (AvgIpc) is 3.48. The number of rotatable bonds is 2. The van der Waals surface area contributed by atoms with E-state index in [1.54, 1.807) is 0 Å². The summed E-state index contributed by atoms with van der Waals surface area (Å²) in [6, 6.07) is 8.04. The molecule has 30 heavy (non-hydrogen) atoms. The fourth-order valence-electron chi connectivity index (χ4n) is 5.72. The second-order valence-electron chi connectivity index (χ2n) is 9.03. The first-order valence-electron chi connectivity index (χ1n) is 11.0. The van der Waals surface area contributed by atoms with Gasteiger partial charge in [-0.1, -0.05) is 12.1 Å². The zero-order valence-corrected chi connectivity index (χ0v) is 16.9. The Hall–Kier alpha value is -2.74. The number of nitrogens with zero attached hydrogens (tertiary/aromatic N) is 6. The van der Waals surface area contributed by atoms with Crippen molar-refractivity contribution in [3.63, 3.8) is 0 Å². The molecule has 6 rings (SSSR count). The minimum absolute atomic E-state index is 0.00504. The number of carbonyl (C=O) groups is 1. The number of amides is 1. The molecular formula is C22H26N6O2. The fourth-order valence-corrected chi connectivity index (χ4v) is 5.72. The normalized spacial score (nSPS) is 28.5. The summed E-state index contributed by atoms with van der Waals surface area (Å²) in [5.74, 6) is 2.12. The monoisotopic (exact) mass is 406 g/mol. The van der Waals surface area contributed by atoms with E-state index < -0.39 is 6.10 Å². The molecule has 8 nitrogen and oxygen atoms in total. The topological polar surface area (TPSA) is 89.1 Å². The molecule has 0 spiro atoms. The van der Waals surface area contributed by atoms with Crippen LogP contribution in [0, 0.1) is 11.8 Å². The largest absolute Gasteiger partial charge is 0.391 e. The maximum absolute atomic E-state index is 13.2. The number of aryl methyl sites for hydroxylation is 1. The lowest BCUT2D eigenvalue weighted by Gasteiger charge is -2.36. The van der Waals surface area contributed by atoms with Gasteiger partial charge in [0.15, 0.2) is 0 Å². The van der Waals surface area contributed by atoms with Gasteiger partial charge in [-0.15, -0.1) is 10.2 Å². The summed E-state index contributed by atoms with van der Waals surface area (Å²) in [5.41, 5.74) is 2.01. The van der Waals surface area contributed by atoms with Crippen LogP contribution in [0.5, 0.6) is 0 Å². The van der Waals surface area contributed by atoms with Crippen LogP contribution in [0.3, 0.4) is 0 Å². The van der Waals surface area contributed by atoms with Gasteiger partial charge in [-0.2, -0.15) is 0 Å². The Morgan fingerprint density at radius 1 is 1.07 bits per heavy atom. The summed E-state index contributed by atoms with van der Waals surface area (Å²) < 4.78 is 4.12. The van der Waals surface area contributed by atoms with E-state index in [-0.39, 0.29) is 11.9 Å². The SMILES string of the molecule is O=C(c1nnc2n1CCCC2)N1C[C@H]2C[C@@H](n3cnc4ccccc43)[C@H](O)C[C@H]2C1. The van der Waals surface area contributed by atoms with Gasteiger partial charge in [-0.25, -0.2) is 4.98 Å². The zero-order chi connectivity index (χ0) is 20.2. The Bertz CT molecular complexity index is 1100. The molecule has 1 aromatic carbocycles. The Morgan fingerprint density at radius 2 is 1.90 bits per heavy atom. The number of fused-ring (bicyclic) bond motifs is 3. The maximum Gasteiger partial charge on any atom is 0.291 e. The van der Waals surface area contributed by atoms with E-state index in [4.69, 9.17) is 0 Å². The summed E-state index contributed by atoms with van der Waals surface area (Å²) in [6.45, 7) is 2.25. The minimum Gasteiger partial charge on any atom is -0.391 e. The van der Waals surface area contributed by atoms with Crippen molar-refractivity contribution in [3.05, 3.63) is 42.2 Å². The number of hydrogen-bond donors (Lipinski definition) is 1. The van der Waals surface area contributed by atoms with Crippen LogP contribution in [0.25, 0.3) is 11.0 Å². The van der Waals surface area contributed by atoms with Gasteiger partial charge in [-0.05, 0) is 49.7 Å². The third-order valence-electron chi connectivity index (χ3n) is 7.29. The van der Waals surface area contributed by atoms with E-state index in [0.29, 0.717) is 30.6 Å². The zero-order valence-electron chi connectivity index (χ0n) is 16.9. The number of benzene rings is 1. The lowest BCUT2D eigenvalue weighted by Crippen LogP contribution is -2.36. The molecule has 1 aliphatic carbocycles. The third kappa shape index (κ3) is 2.77. The molecule has 1 saturated carbocycles. The number of aromatic nitrogens is 5. The molecule has 4 heterocycles. The smallest absolute Gasteiger partial charge is 0.291 e. The van der Waals surface area contributed by atoms with E-state index >= 15 is 0 Å². The van der Waals surface area contributed by atoms with Crippen molar-refractivity contribution in [1.29, 1.82) is 0 Å². The summed E-state index contributed by atoms with van der Waals surface area (Å²) in [5, 5.41) is 19.4. The molecule has 0 bridgehead atoms. The third-order valence-corrected chi connectivity index (χ3v) is 7.29. The lowest BCUT2D eigenvalue weighted by atomic mass is 9.77. The van der Waals surface area contributed by atoms with E-state index in [1.807, 2.05) is 34.0 Å². The van der Waals surface area contributed by atoms with Gasteiger partial charge in [0.2, 0.25) is 5.82 Å². The van der Waals surface area contributed by atoms with Crippen LogP contribution < -0.4 is 0 Å². The van der Waals surface area contributed by atoms with Crippen LogP contribution >= 0.6 is 0 Å². The Balaban J connectivity index is 1.22. The average molecular weight is 406 g/mol. The number of hydrogen-bond acceptors (Lipinski definition) is 5. The van der Waals surface area contributed by atoms with Gasteiger partial charge in [0.25, 0.3) is 5.91 Å². The van der Waals surface area contributed by atoms with Crippen molar-refractivity contribution in [2.75, 3.05) is 13.1 Å². The predicted octanol–water partition coefficient (Wildman–Crippen LogP) is 2.05. The minimum atomic E-state index is -0.431. The second kappa shape index (κ2) is 6.91. The number of likely N-dealkylation sites (tertiary alicyclic amines) is 1. The molecule has 8 heteroatoms. The quantitative estimate of drug-likeness (QED) is 0.704. The van der Waals surface area contributed by atoms with Gasteiger partial charge in [0.1, 0.15) is 5.82 Å². The molecule has 1 saturated heterocycles. The molecule has 2 aliphatic heterocycles. The molecule has 3 aliphatic rings. The van der Waals surface area contributed by atoms with Crippen molar-refractivity contribution >= 4 is 16.9 Å². The summed E-state index contributed by atoms with van der Waals surface area (Å²) in [4.78, 5) is 19.6. The molecule has 2 fully saturated rings. The van der Waals surface area contributed by atoms with Gasteiger partial charge >= 0.3 is 0 Å². The summed E-state index contributed by atoms with van der Waals surface area (Å²) >= 11 is 0. The highest BCUT2D eigenvalue weighted by Crippen LogP contribution is 2.42. The first-order valence-corrected chi connectivity index (χ1v) is 11.0. The first-order chi connectivity index (χ1) is 14.7. The fraction of sp³-hybridized carbons (Fsp3) is 0.545. The van der Waals surface area contributed by atoms with Gasteiger partial charge in [-0.3, -0.25) is 4.79 Å². The predicted molar refractivity (Wildman–Crippen MR) is 110 cm³/mol. The van der Waals surface area contributed by atoms with E-state index in [9.17, 15) is 9.90 Å². The van der Waals surface area contributed by atoms with Crippen molar-refractivity contribution in [2.24, 2.45) is 11.8 Å². The first kappa shape index (κ1) is 18.1. The van der Waals surface area contributed by atoms with Crippen LogP contribution in [-0.2, 0) is 13.0 Å². The van der Waals surface area contributed by atoms with Crippen molar-refractivity contribution in [2.45, 2.75) is 50.8 Å². The number of imidazole rings is 1. The van der Waals surface area contributed by atoms with E-state index in [1.165, 1.54) is 0 Å². The van der Waals surface area contributed by atoms with Crippen LogP contribution in [0.15, 0.2) is 30.6 Å².